The van der Waals surface area contributed by atoms with E-state index in [1.807, 2.05) is 0 Å². The third-order valence-electron chi connectivity index (χ3n) is 8.52. The van der Waals surface area contributed by atoms with Crippen LogP contribution in [0.5, 0.6) is 5.75 Å². The SMILES string of the molecule is COc1cc(F)c([C@@H]2CN(c3nccc(N4CCOCC4)c3C(F)(F)F)C(=O)C2NC(=O)N[C@H]2CC[C@H](C(F)F)CC2)c(F)c1. The van der Waals surface area contributed by atoms with Gasteiger partial charge >= 0.3 is 12.2 Å². The molecule has 0 bridgehead atoms. The number of carbonyl (C=O) groups is 2. The number of nitrogens with zero attached hydrogens (tertiary/aromatic N) is 3. The molecule has 3 aliphatic rings. The van der Waals surface area contributed by atoms with Crippen molar-refractivity contribution in [3.05, 3.63) is 47.2 Å². The summed E-state index contributed by atoms with van der Waals surface area (Å²) in [6.07, 6.45) is -5.56. The highest BCUT2D eigenvalue weighted by atomic mass is 19.4. The second-order valence-electron chi connectivity index (χ2n) is 11.2. The highest BCUT2D eigenvalue weighted by Gasteiger charge is 2.49. The summed E-state index contributed by atoms with van der Waals surface area (Å²) in [6, 6.07) is -0.240. The van der Waals surface area contributed by atoms with Gasteiger partial charge in [-0.05, 0) is 31.7 Å². The van der Waals surface area contributed by atoms with Crippen LogP contribution in [-0.2, 0) is 15.7 Å². The second kappa shape index (κ2) is 13.3. The highest BCUT2D eigenvalue weighted by molar-refractivity contribution is 6.03. The summed E-state index contributed by atoms with van der Waals surface area (Å²) < 4.78 is 111. The number of benzene rings is 1. The van der Waals surface area contributed by atoms with Gasteiger partial charge in [-0.3, -0.25) is 9.69 Å². The van der Waals surface area contributed by atoms with Crippen molar-refractivity contribution < 1.29 is 49.8 Å². The molecule has 9 nitrogen and oxygen atoms in total. The Hall–Kier alpha value is -3.82. The lowest BCUT2D eigenvalue weighted by Crippen LogP contribution is -2.51. The zero-order valence-corrected chi connectivity index (χ0v) is 24.2. The van der Waals surface area contributed by atoms with Crippen LogP contribution in [0, 0.1) is 17.6 Å². The summed E-state index contributed by atoms with van der Waals surface area (Å²) in [5, 5.41) is 4.99. The van der Waals surface area contributed by atoms with Crippen LogP contribution < -0.4 is 25.2 Å². The smallest absolute Gasteiger partial charge is 0.421 e. The second-order valence-corrected chi connectivity index (χ2v) is 11.2. The molecule has 3 fully saturated rings. The Balaban J connectivity index is 1.49. The Morgan fingerprint density at radius 2 is 1.71 bits per heavy atom. The van der Waals surface area contributed by atoms with E-state index < -0.39 is 83.6 Å². The first-order chi connectivity index (χ1) is 21.4. The molecule has 1 saturated carbocycles. The van der Waals surface area contributed by atoms with Gasteiger partial charge in [-0.1, -0.05) is 0 Å². The van der Waals surface area contributed by atoms with Crippen LogP contribution in [0.2, 0.25) is 0 Å². The number of rotatable bonds is 7. The number of morpholine rings is 1. The number of anilines is 2. The van der Waals surface area contributed by atoms with Crippen LogP contribution >= 0.6 is 0 Å². The monoisotopic (exact) mass is 647 g/mol. The van der Waals surface area contributed by atoms with E-state index in [2.05, 4.69) is 15.6 Å². The number of hydrogen-bond acceptors (Lipinski definition) is 6. The zero-order chi connectivity index (χ0) is 32.5. The van der Waals surface area contributed by atoms with Crippen molar-refractivity contribution >= 4 is 23.4 Å². The molecule has 246 valence electrons. The molecular formula is C29H32F7N5O4. The molecule has 2 aromatic rings. The van der Waals surface area contributed by atoms with E-state index in [1.54, 1.807) is 0 Å². The Bertz CT molecular complexity index is 1370. The first kappa shape index (κ1) is 32.6. The minimum absolute atomic E-state index is 0.148. The average Bonchev–Trinajstić information content (AvgIpc) is 3.31. The van der Waals surface area contributed by atoms with Crippen LogP contribution in [0.25, 0.3) is 0 Å². The summed E-state index contributed by atoms with van der Waals surface area (Å²) in [7, 11) is 1.18. The molecule has 1 aromatic heterocycles. The van der Waals surface area contributed by atoms with Crippen molar-refractivity contribution in [2.24, 2.45) is 5.92 Å². The Morgan fingerprint density at radius 1 is 1.07 bits per heavy atom. The van der Waals surface area contributed by atoms with Gasteiger partial charge in [0.2, 0.25) is 6.43 Å². The fourth-order valence-corrected chi connectivity index (χ4v) is 6.25. The number of ether oxygens (including phenoxy) is 2. The number of carbonyl (C=O) groups excluding carboxylic acids is 2. The van der Waals surface area contributed by atoms with E-state index >= 15 is 8.78 Å². The van der Waals surface area contributed by atoms with E-state index in [0.29, 0.717) is 4.90 Å². The number of aromatic nitrogens is 1. The molecule has 5 rings (SSSR count). The van der Waals surface area contributed by atoms with E-state index in [-0.39, 0.29) is 63.4 Å². The van der Waals surface area contributed by atoms with Gasteiger partial charge in [0.1, 0.15) is 34.8 Å². The lowest BCUT2D eigenvalue weighted by atomic mass is 9.86. The van der Waals surface area contributed by atoms with Gasteiger partial charge in [0.05, 0.1) is 26.0 Å². The molecular weight excluding hydrogens is 615 g/mol. The molecule has 1 unspecified atom stereocenters. The number of pyridine rings is 1. The maximum atomic E-state index is 15.3. The molecule has 1 aromatic carbocycles. The number of hydrogen-bond donors (Lipinski definition) is 2. The summed E-state index contributed by atoms with van der Waals surface area (Å²) in [4.78, 5) is 32.9. The van der Waals surface area contributed by atoms with Crippen molar-refractivity contribution in [1.82, 2.24) is 15.6 Å². The van der Waals surface area contributed by atoms with Crippen molar-refractivity contribution in [3.63, 3.8) is 0 Å². The minimum Gasteiger partial charge on any atom is -0.497 e. The van der Waals surface area contributed by atoms with Crippen molar-refractivity contribution in [2.45, 2.75) is 56.3 Å². The van der Waals surface area contributed by atoms with Gasteiger partial charge in [-0.15, -0.1) is 0 Å². The minimum atomic E-state index is -4.98. The molecule has 3 amide bonds. The van der Waals surface area contributed by atoms with E-state index in [4.69, 9.17) is 9.47 Å². The molecule has 2 aliphatic heterocycles. The zero-order valence-electron chi connectivity index (χ0n) is 24.2. The number of nitrogens with one attached hydrogen (secondary N) is 2. The fraction of sp³-hybridized carbons (Fsp3) is 0.552. The molecule has 0 spiro atoms. The third-order valence-corrected chi connectivity index (χ3v) is 8.52. The van der Waals surface area contributed by atoms with Crippen LogP contribution in [-0.4, -0.2) is 75.4 Å². The summed E-state index contributed by atoms with van der Waals surface area (Å²) in [6.45, 7) is 0.0111. The van der Waals surface area contributed by atoms with Crippen LogP contribution in [0.3, 0.4) is 0 Å². The summed E-state index contributed by atoms with van der Waals surface area (Å²) in [5.41, 5.74) is -2.08. The number of halogens is 7. The molecule has 16 heteroatoms. The maximum absolute atomic E-state index is 15.3. The number of alkyl halides is 5. The first-order valence-electron chi connectivity index (χ1n) is 14.5. The van der Waals surface area contributed by atoms with Gasteiger partial charge in [0.25, 0.3) is 5.91 Å². The quantitative estimate of drug-likeness (QED) is 0.418. The van der Waals surface area contributed by atoms with Gasteiger partial charge < -0.3 is 25.0 Å². The lowest BCUT2D eigenvalue weighted by molar-refractivity contribution is -0.137. The number of urea groups is 1. The molecule has 2 N–H and O–H groups in total. The highest BCUT2D eigenvalue weighted by Crippen LogP contribution is 2.45. The molecule has 2 atom stereocenters. The molecule has 3 heterocycles. The van der Waals surface area contributed by atoms with Gasteiger partial charge in [0, 0.05) is 61.4 Å². The normalized spacial score (nSPS) is 24.2. The Kier molecular flexibility index (Phi) is 9.60. The standard InChI is InChI=1S/C29H32F7N5O4/c1-44-17-12-19(30)22(20(31)13-17)18-14-41(26-23(29(34,35)36)21(6-7-37-26)40-8-10-45-11-9-40)27(42)24(18)39-28(43)38-16-4-2-15(3-5-16)25(32)33/h6-7,12-13,15-16,18,24-25H,2-5,8-11,14H2,1H3,(H2,38,39,43)/t15-,16-,18-,24?/m0/s1. The van der Waals surface area contributed by atoms with Crippen LogP contribution in [0.15, 0.2) is 24.4 Å². The Morgan fingerprint density at radius 3 is 2.29 bits per heavy atom. The van der Waals surface area contributed by atoms with Crippen molar-refractivity contribution in [1.29, 1.82) is 0 Å². The molecule has 2 saturated heterocycles. The van der Waals surface area contributed by atoms with Gasteiger partial charge in [0.15, 0.2) is 0 Å². The molecule has 45 heavy (non-hydrogen) atoms. The predicted molar refractivity (Wildman–Crippen MR) is 147 cm³/mol. The lowest BCUT2D eigenvalue weighted by Gasteiger charge is -2.32. The van der Waals surface area contributed by atoms with Gasteiger partial charge in [-0.2, -0.15) is 13.2 Å². The van der Waals surface area contributed by atoms with Gasteiger partial charge in [-0.25, -0.2) is 27.3 Å². The maximum Gasteiger partial charge on any atom is 0.421 e. The third kappa shape index (κ3) is 6.89. The average molecular weight is 648 g/mol. The van der Waals surface area contributed by atoms with E-state index in [9.17, 15) is 31.5 Å². The van der Waals surface area contributed by atoms with Crippen molar-refractivity contribution in [2.75, 3.05) is 49.8 Å². The fourth-order valence-electron chi connectivity index (χ4n) is 6.25. The van der Waals surface area contributed by atoms with Crippen LogP contribution in [0.1, 0.15) is 42.7 Å². The summed E-state index contributed by atoms with van der Waals surface area (Å²) in [5.74, 6) is -6.54. The summed E-state index contributed by atoms with van der Waals surface area (Å²) >= 11 is 0. The van der Waals surface area contributed by atoms with Crippen LogP contribution in [0.4, 0.5) is 47.0 Å². The van der Waals surface area contributed by atoms with Crippen molar-refractivity contribution in [3.8, 4) is 5.75 Å². The molecule has 1 aliphatic carbocycles. The number of methoxy groups -OCH3 is 1. The Labute approximate surface area is 254 Å². The van der Waals surface area contributed by atoms with E-state index in [1.165, 1.54) is 18.1 Å². The van der Waals surface area contributed by atoms with E-state index in [0.717, 1.165) is 18.3 Å². The largest absolute Gasteiger partial charge is 0.497 e. The first-order valence-corrected chi connectivity index (χ1v) is 14.5. The molecule has 0 radical (unpaired) electrons. The predicted octanol–water partition coefficient (Wildman–Crippen LogP) is 4.85. The number of amides is 3. The topological polar surface area (TPSA) is 96.0 Å².